The van der Waals surface area contributed by atoms with Crippen LogP contribution in [0.1, 0.15) is 36.0 Å². The molecule has 0 aliphatic heterocycles. The van der Waals surface area contributed by atoms with Crippen LogP contribution in [0.25, 0.3) is 11.0 Å². The maximum atomic E-state index is 11.7. The van der Waals surface area contributed by atoms with Crippen LogP contribution in [0.3, 0.4) is 0 Å². The standard InChI is InChI=1S/C16H18N4O2/c17-10-5-16(6-10)7-11(8-16)22-15-12(13(18)21)4-9-2-1-3-19-14(9)20-15/h1-4,10-11H,5-8,17H2,(H2,18,21). The number of rotatable bonds is 3. The summed E-state index contributed by atoms with van der Waals surface area (Å²) >= 11 is 0. The van der Waals surface area contributed by atoms with E-state index in [-0.39, 0.29) is 6.10 Å². The summed E-state index contributed by atoms with van der Waals surface area (Å²) in [6, 6.07) is 5.68. The quantitative estimate of drug-likeness (QED) is 0.890. The lowest BCUT2D eigenvalue weighted by Gasteiger charge is -2.56. The van der Waals surface area contributed by atoms with Crippen molar-refractivity contribution >= 4 is 16.9 Å². The van der Waals surface area contributed by atoms with Gasteiger partial charge in [-0.25, -0.2) is 4.98 Å². The molecule has 2 aromatic rings. The van der Waals surface area contributed by atoms with Crippen molar-refractivity contribution in [1.82, 2.24) is 9.97 Å². The molecule has 2 aliphatic rings. The smallest absolute Gasteiger partial charge is 0.254 e. The van der Waals surface area contributed by atoms with Crippen molar-refractivity contribution in [1.29, 1.82) is 0 Å². The molecule has 2 aliphatic carbocycles. The van der Waals surface area contributed by atoms with Crippen molar-refractivity contribution in [2.75, 3.05) is 0 Å². The number of pyridine rings is 2. The van der Waals surface area contributed by atoms with E-state index in [1.54, 1.807) is 18.3 Å². The van der Waals surface area contributed by atoms with Crippen LogP contribution >= 0.6 is 0 Å². The lowest BCUT2D eigenvalue weighted by Crippen LogP contribution is -2.56. The van der Waals surface area contributed by atoms with Crippen molar-refractivity contribution in [3.8, 4) is 5.88 Å². The summed E-state index contributed by atoms with van der Waals surface area (Å²) in [5.41, 5.74) is 12.6. The van der Waals surface area contributed by atoms with E-state index in [9.17, 15) is 4.79 Å². The van der Waals surface area contributed by atoms with Crippen molar-refractivity contribution < 1.29 is 9.53 Å². The molecule has 6 nitrogen and oxygen atoms in total. The predicted octanol–water partition coefficient (Wildman–Crippen LogP) is 1.38. The van der Waals surface area contributed by atoms with Crippen molar-refractivity contribution in [3.63, 3.8) is 0 Å². The van der Waals surface area contributed by atoms with Crippen LogP contribution in [0.4, 0.5) is 0 Å². The molecule has 2 heterocycles. The normalized spacial score (nSPS) is 29.9. The zero-order valence-electron chi connectivity index (χ0n) is 12.2. The second kappa shape index (κ2) is 4.64. The van der Waals surface area contributed by atoms with Gasteiger partial charge in [-0.1, -0.05) is 0 Å². The number of amides is 1. The fraction of sp³-hybridized carbons (Fsp3) is 0.438. The number of nitrogens with zero attached hydrogens (tertiary/aromatic N) is 2. The SMILES string of the molecule is NC(=O)c1cc2cccnc2nc1OC1CC2(CC(N)C2)C1. The lowest BCUT2D eigenvalue weighted by atomic mass is 9.53. The number of hydrogen-bond acceptors (Lipinski definition) is 5. The minimum absolute atomic E-state index is 0.0827. The molecular weight excluding hydrogens is 280 g/mol. The van der Waals surface area contributed by atoms with Crippen LogP contribution in [0.15, 0.2) is 24.4 Å². The minimum atomic E-state index is -0.534. The van der Waals surface area contributed by atoms with Crippen molar-refractivity contribution in [3.05, 3.63) is 30.0 Å². The summed E-state index contributed by atoms with van der Waals surface area (Å²) in [6.45, 7) is 0. The fourth-order valence-electron chi connectivity index (χ4n) is 3.79. The van der Waals surface area contributed by atoms with Gasteiger partial charge in [-0.3, -0.25) is 4.79 Å². The number of fused-ring (bicyclic) bond motifs is 1. The third-order valence-electron chi connectivity index (χ3n) is 4.81. The van der Waals surface area contributed by atoms with Crippen LogP contribution in [0, 0.1) is 5.41 Å². The maximum absolute atomic E-state index is 11.7. The van der Waals surface area contributed by atoms with E-state index in [0.29, 0.717) is 28.5 Å². The average molecular weight is 298 g/mol. The average Bonchev–Trinajstić information content (AvgIpc) is 2.42. The van der Waals surface area contributed by atoms with Gasteiger partial charge >= 0.3 is 0 Å². The summed E-state index contributed by atoms with van der Waals surface area (Å²) < 4.78 is 5.92. The Labute approximate surface area is 127 Å². The molecule has 6 heteroatoms. The van der Waals surface area contributed by atoms with Crippen LogP contribution in [-0.4, -0.2) is 28.0 Å². The molecule has 114 valence electrons. The first-order valence-electron chi connectivity index (χ1n) is 7.52. The van der Waals surface area contributed by atoms with Gasteiger partial charge < -0.3 is 16.2 Å². The maximum Gasteiger partial charge on any atom is 0.254 e. The van der Waals surface area contributed by atoms with Crippen LogP contribution < -0.4 is 16.2 Å². The number of carbonyl (C=O) groups is 1. The van der Waals surface area contributed by atoms with E-state index >= 15 is 0 Å². The highest BCUT2D eigenvalue weighted by atomic mass is 16.5. The Morgan fingerprint density at radius 1 is 1.32 bits per heavy atom. The highest BCUT2D eigenvalue weighted by molar-refractivity contribution is 5.98. The molecule has 0 atom stereocenters. The topological polar surface area (TPSA) is 104 Å². The largest absolute Gasteiger partial charge is 0.474 e. The Morgan fingerprint density at radius 3 is 2.77 bits per heavy atom. The van der Waals surface area contributed by atoms with Gasteiger partial charge in [-0.15, -0.1) is 0 Å². The van der Waals surface area contributed by atoms with Crippen molar-refractivity contribution in [2.24, 2.45) is 16.9 Å². The second-order valence-electron chi connectivity index (χ2n) is 6.57. The molecule has 2 fully saturated rings. The van der Waals surface area contributed by atoms with Gasteiger partial charge in [0.05, 0.1) is 0 Å². The van der Waals surface area contributed by atoms with Crippen LogP contribution in [0.2, 0.25) is 0 Å². The number of ether oxygens (including phenoxy) is 1. The third kappa shape index (κ3) is 2.11. The van der Waals surface area contributed by atoms with E-state index in [4.69, 9.17) is 16.2 Å². The van der Waals surface area contributed by atoms with E-state index in [2.05, 4.69) is 9.97 Å². The van der Waals surface area contributed by atoms with Gasteiger partial charge in [0.25, 0.3) is 5.91 Å². The fourth-order valence-corrected chi connectivity index (χ4v) is 3.79. The van der Waals surface area contributed by atoms with Crippen LogP contribution in [0.5, 0.6) is 5.88 Å². The zero-order chi connectivity index (χ0) is 15.3. The third-order valence-corrected chi connectivity index (χ3v) is 4.81. The molecule has 0 unspecified atom stereocenters. The van der Waals surface area contributed by atoms with Gasteiger partial charge in [-0.05, 0) is 49.3 Å². The van der Waals surface area contributed by atoms with E-state index in [0.717, 1.165) is 31.1 Å². The Morgan fingerprint density at radius 2 is 2.09 bits per heavy atom. The number of nitrogens with two attached hydrogens (primary N) is 2. The van der Waals surface area contributed by atoms with Crippen LogP contribution in [-0.2, 0) is 0 Å². The van der Waals surface area contributed by atoms with Gasteiger partial charge in [-0.2, -0.15) is 4.98 Å². The summed E-state index contributed by atoms with van der Waals surface area (Å²) in [5.74, 6) is -0.241. The number of aromatic nitrogens is 2. The van der Waals surface area contributed by atoms with Gasteiger partial charge in [0, 0.05) is 17.6 Å². The molecule has 1 spiro atoms. The first-order chi connectivity index (χ1) is 10.5. The molecule has 0 saturated heterocycles. The molecule has 0 radical (unpaired) electrons. The minimum Gasteiger partial charge on any atom is -0.474 e. The number of hydrogen-bond donors (Lipinski definition) is 2. The van der Waals surface area contributed by atoms with E-state index in [1.807, 2.05) is 6.07 Å². The van der Waals surface area contributed by atoms with Gasteiger partial charge in [0.1, 0.15) is 11.7 Å². The second-order valence-corrected chi connectivity index (χ2v) is 6.57. The molecule has 1 amide bonds. The highest BCUT2D eigenvalue weighted by Crippen LogP contribution is 2.56. The number of primary amides is 1. The highest BCUT2D eigenvalue weighted by Gasteiger charge is 2.53. The Kier molecular flexibility index (Phi) is 2.84. The predicted molar refractivity (Wildman–Crippen MR) is 81.3 cm³/mol. The summed E-state index contributed by atoms with van der Waals surface area (Å²) in [6.07, 6.45) is 5.84. The molecular formula is C16H18N4O2. The first-order valence-corrected chi connectivity index (χ1v) is 7.52. The Hall–Kier alpha value is -2.21. The molecule has 22 heavy (non-hydrogen) atoms. The molecule has 4 N–H and O–H groups in total. The van der Waals surface area contributed by atoms with Crippen molar-refractivity contribution in [2.45, 2.75) is 37.8 Å². The number of carbonyl (C=O) groups excluding carboxylic acids is 1. The Balaban J connectivity index is 1.58. The molecule has 4 rings (SSSR count). The molecule has 2 saturated carbocycles. The van der Waals surface area contributed by atoms with Gasteiger partial charge in [0.15, 0.2) is 5.65 Å². The zero-order valence-corrected chi connectivity index (χ0v) is 12.2. The summed E-state index contributed by atoms with van der Waals surface area (Å²) in [5, 5.41) is 0.777. The monoisotopic (exact) mass is 298 g/mol. The van der Waals surface area contributed by atoms with Gasteiger partial charge in [0.2, 0.25) is 5.88 Å². The summed E-state index contributed by atoms with van der Waals surface area (Å²) in [4.78, 5) is 20.2. The first kappa shape index (κ1) is 13.5. The molecule has 2 aromatic heterocycles. The lowest BCUT2D eigenvalue weighted by molar-refractivity contribution is -0.0796. The Bertz CT molecular complexity index is 747. The summed E-state index contributed by atoms with van der Waals surface area (Å²) in [7, 11) is 0. The van der Waals surface area contributed by atoms with E-state index in [1.165, 1.54) is 0 Å². The van der Waals surface area contributed by atoms with E-state index < -0.39 is 5.91 Å². The molecule has 0 bridgehead atoms. The molecule has 0 aromatic carbocycles.